The van der Waals surface area contributed by atoms with Gasteiger partial charge in [0.2, 0.25) is 5.91 Å². The van der Waals surface area contributed by atoms with Crippen LogP contribution in [0.3, 0.4) is 0 Å². The topological polar surface area (TPSA) is 85.4 Å². The Morgan fingerprint density at radius 1 is 1.36 bits per heavy atom. The van der Waals surface area contributed by atoms with Crippen LogP contribution in [0.2, 0.25) is 0 Å². The normalized spacial score (nSPS) is 19.6. The van der Waals surface area contributed by atoms with E-state index in [0.717, 1.165) is 0 Å². The first-order valence-corrected chi connectivity index (χ1v) is 9.45. The molecule has 0 saturated carbocycles. The van der Waals surface area contributed by atoms with Crippen LogP contribution in [0, 0.1) is 5.82 Å². The summed E-state index contributed by atoms with van der Waals surface area (Å²) in [6.07, 6.45) is -0.873. The van der Waals surface area contributed by atoms with Crippen molar-refractivity contribution in [2.75, 3.05) is 55.7 Å². The molecule has 2 heterocycles. The zero-order chi connectivity index (χ0) is 20.3. The van der Waals surface area contributed by atoms with Gasteiger partial charge >= 0.3 is 6.09 Å². The first kappa shape index (κ1) is 20.3. The molecule has 8 nitrogen and oxygen atoms in total. The van der Waals surface area contributed by atoms with Gasteiger partial charge in [0.1, 0.15) is 18.5 Å². The van der Waals surface area contributed by atoms with E-state index in [9.17, 15) is 14.0 Å². The number of amides is 2. The number of hydrogen-bond donors (Lipinski definition) is 2. The summed E-state index contributed by atoms with van der Waals surface area (Å²) in [5, 5.41) is 11.9. The van der Waals surface area contributed by atoms with Crippen molar-refractivity contribution in [2.45, 2.75) is 13.0 Å². The van der Waals surface area contributed by atoms with Crippen molar-refractivity contribution < 1.29 is 23.8 Å². The van der Waals surface area contributed by atoms with Crippen molar-refractivity contribution >= 4 is 40.6 Å². The highest BCUT2D eigenvalue weighted by molar-refractivity contribution is 7.80. The predicted octanol–water partition coefficient (Wildman–Crippen LogP) is 0.729. The van der Waals surface area contributed by atoms with Crippen molar-refractivity contribution in [3.05, 3.63) is 24.0 Å². The molecule has 2 amide bonds. The summed E-state index contributed by atoms with van der Waals surface area (Å²) in [5.74, 6) is -0.764. The summed E-state index contributed by atoms with van der Waals surface area (Å²) in [6.45, 7) is 3.74. The number of piperazine rings is 1. The van der Waals surface area contributed by atoms with Crippen molar-refractivity contribution in [1.82, 2.24) is 10.2 Å². The standard InChI is InChI=1S/C18H23FN4O4S/c1-12(28)20-9-14-10-23(18(26)27-14)13-2-3-16(15(19)8-13)21-4-6-22(7-5-21)17(25)11-24/h2-3,8,14,24H,4-7,9-11H2,1H3,(H,20,28). The number of aliphatic hydroxyl groups excluding tert-OH is 1. The Bertz CT molecular complexity index is 770. The number of carbonyl (C=O) groups excluding carboxylic acids is 2. The average Bonchev–Trinajstić information content (AvgIpc) is 3.06. The Labute approximate surface area is 167 Å². The Morgan fingerprint density at radius 3 is 2.68 bits per heavy atom. The number of hydrogen-bond acceptors (Lipinski definition) is 6. The van der Waals surface area contributed by atoms with Crippen LogP contribution in [0.5, 0.6) is 0 Å². The van der Waals surface area contributed by atoms with Crippen molar-refractivity contribution in [1.29, 1.82) is 0 Å². The Morgan fingerprint density at radius 2 is 2.07 bits per heavy atom. The third-order valence-corrected chi connectivity index (χ3v) is 4.95. The van der Waals surface area contributed by atoms with Crippen LogP contribution >= 0.6 is 12.2 Å². The largest absolute Gasteiger partial charge is 0.442 e. The van der Waals surface area contributed by atoms with Crippen LogP contribution in [-0.4, -0.2) is 79.0 Å². The van der Waals surface area contributed by atoms with E-state index in [1.165, 1.54) is 11.0 Å². The maximum atomic E-state index is 14.7. The lowest BCUT2D eigenvalue weighted by Gasteiger charge is -2.36. The van der Waals surface area contributed by atoms with E-state index >= 15 is 0 Å². The van der Waals surface area contributed by atoms with Crippen molar-refractivity contribution in [3.63, 3.8) is 0 Å². The molecule has 0 spiro atoms. The molecule has 1 atom stereocenters. The predicted molar refractivity (Wildman–Crippen MR) is 106 cm³/mol. The Kier molecular flexibility index (Phi) is 6.30. The van der Waals surface area contributed by atoms with Gasteiger partial charge in [-0.15, -0.1) is 0 Å². The first-order chi connectivity index (χ1) is 13.4. The molecule has 10 heteroatoms. The lowest BCUT2D eigenvalue weighted by Crippen LogP contribution is -2.49. The number of ether oxygens (including phenoxy) is 1. The zero-order valence-electron chi connectivity index (χ0n) is 15.6. The zero-order valence-corrected chi connectivity index (χ0v) is 16.4. The number of benzene rings is 1. The summed E-state index contributed by atoms with van der Waals surface area (Å²) in [7, 11) is 0. The monoisotopic (exact) mass is 410 g/mol. The van der Waals surface area contributed by atoms with Gasteiger partial charge in [0.15, 0.2) is 0 Å². The fourth-order valence-corrected chi connectivity index (χ4v) is 3.40. The first-order valence-electron chi connectivity index (χ1n) is 9.04. The number of cyclic esters (lactones) is 1. The van der Waals surface area contributed by atoms with Crippen LogP contribution in [0.4, 0.5) is 20.6 Å². The molecule has 2 fully saturated rings. The number of rotatable bonds is 5. The Hall–Kier alpha value is -2.46. The van der Waals surface area contributed by atoms with E-state index in [0.29, 0.717) is 55.6 Å². The molecule has 1 unspecified atom stereocenters. The van der Waals surface area contributed by atoms with Crippen LogP contribution in [-0.2, 0) is 9.53 Å². The second-order valence-corrected chi connectivity index (χ2v) is 7.33. The van der Waals surface area contributed by atoms with E-state index in [1.54, 1.807) is 24.0 Å². The summed E-state index contributed by atoms with van der Waals surface area (Å²) >= 11 is 4.95. The lowest BCUT2D eigenvalue weighted by atomic mass is 10.2. The highest BCUT2D eigenvalue weighted by Crippen LogP contribution is 2.28. The third-order valence-electron chi connectivity index (χ3n) is 4.80. The molecule has 0 bridgehead atoms. The van der Waals surface area contributed by atoms with Gasteiger partial charge in [-0.05, 0) is 25.1 Å². The van der Waals surface area contributed by atoms with Gasteiger partial charge in [-0.2, -0.15) is 0 Å². The molecule has 28 heavy (non-hydrogen) atoms. The molecular formula is C18H23FN4O4S. The fraction of sp³-hybridized carbons (Fsp3) is 0.500. The summed E-state index contributed by atoms with van der Waals surface area (Å²) in [6, 6.07) is 4.64. The van der Waals surface area contributed by atoms with E-state index in [-0.39, 0.29) is 12.0 Å². The van der Waals surface area contributed by atoms with Crippen LogP contribution in [0.1, 0.15) is 6.92 Å². The molecule has 2 aliphatic heterocycles. The van der Waals surface area contributed by atoms with Crippen LogP contribution in [0.25, 0.3) is 0 Å². The minimum absolute atomic E-state index is 0.315. The van der Waals surface area contributed by atoms with Crippen molar-refractivity contribution in [3.8, 4) is 0 Å². The molecule has 2 N–H and O–H groups in total. The lowest BCUT2D eigenvalue weighted by molar-refractivity contribution is -0.134. The van der Waals surface area contributed by atoms with Gasteiger partial charge in [-0.1, -0.05) is 12.2 Å². The number of thiocarbonyl (C=S) groups is 1. The number of anilines is 2. The highest BCUT2D eigenvalue weighted by Gasteiger charge is 2.33. The average molecular weight is 410 g/mol. The molecule has 152 valence electrons. The van der Waals surface area contributed by atoms with Gasteiger partial charge in [0, 0.05) is 26.2 Å². The molecule has 0 aromatic heterocycles. The summed E-state index contributed by atoms with van der Waals surface area (Å²) < 4.78 is 20.0. The van der Waals surface area contributed by atoms with Crippen LogP contribution < -0.4 is 15.1 Å². The van der Waals surface area contributed by atoms with Gasteiger partial charge in [0.05, 0.1) is 29.5 Å². The van der Waals surface area contributed by atoms with Gasteiger partial charge in [-0.3, -0.25) is 9.69 Å². The maximum Gasteiger partial charge on any atom is 0.414 e. The van der Waals surface area contributed by atoms with E-state index < -0.39 is 18.5 Å². The second kappa shape index (κ2) is 8.70. The van der Waals surface area contributed by atoms with E-state index in [4.69, 9.17) is 22.1 Å². The molecule has 1 aromatic carbocycles. The van der Waals surface area contributed by atoms with Gasteiger partial charge in [-0.25, -0.2) is 9.18 Å². The minimum Gasteiger partial charge on any atom is -0.442 e. The number of nitrogens with zero attached hydrogens (tertiary/aromatic N) is 3. The number of aliphatic hydroxyl groups is 1. The number of carbonyl (C=O) groups is 2. The summed E-state index contributed by atoms with van der Waals surface area (Å²) in [4.78, 5) is 29.1. The molecule has 2 saturated heterocycles. The molecule has 0 aliphatic carbocycles. The molecule has 3 rings (SSSR count). The van der Waals surface area contributed by atoms with E-state index in [1.807, 2.05) is 4.90 Å². The van der Waals surface area contributed by atoms with Gasteiger partial charge < -0.3 is 25.0 Å². The molecule has 1 aromatic rings. The molecule has 0 radical (unpaired) electrons. The number of halogens is 1. The second-order valence-electron chi connectivity index (χ2n) is 6.72. The minimum atomic E-state index is -0.518. The third kappa shape index (κ3) is 4.50. The Balaban J connectivity index is 1.64. The highest BCUT2D eigenvalue weighted by atomic mass is 32.1. The summed E-state index contributed by atoms with van der Waals surface area (Å²) in [5.41, 5.74) is 0.851. The van der Waals surface area contributed by atoms with Crippen molar-refractivity contribution in [2.24, 2.45) is 0 Å². The SMILES string of the molecule is CC(=S)NCC1CN(c2ccc(N3CCN(C(=O)CO)CC3)c(F)c2)C(=O)O1. The van der Waals surface area contributed by atoms with Crippen LogP contribution in [0.15, 0.2) is 18.2 Å². The quantitative estimate of drug-likeness (QED) is 0.692. The van der Waals surface area contributed by atoms with E-state index in [2.05, 4.69) is 5.32 Å². The fourth-order valence-electron chi connectivity index (χ4n) is 3.31. The molecular weight excluding hydrogens is 387 g/mol. The molecule has 2 aliphatic rings. The van der Waals surface area contributed by atoms with Gasteiger partial charge in [0.25, 0.3) is 0 Å². The smallest absolute Gasteiger partial charge is 0.414 e. The number of nitrogens with one attached hydrogen (secondary N) is 1. The maximum absolute atomic E-state index is 14.7.